The van der Waals surface area contributed by atoms with Gasteiger partial charge in [0.2, 0.25) is 17.7 Å². The smallest absolute Gasteiger partial charge is 0.257 e. The standard InChI is InChI=1S/C26H24N4O3/c1-17-10-12-19(13-11-17)26-30-29-24(33-26)15-14-23(31)28-22-9-4-3-8-21(22)25(32)27-20-7-5-6-18(2)16-20/h3-13,16H,14-15H2,1-2H3,(H,27,32)(H,28,31). The van der Waals surface area contributed by atoms with E-state index in [1.165, 1.54) is 0 Å². The third-order valence-electron chi connectivity index (χ3n) is 5.05. The van der Waals surface area contributed by atoms with Gasteiger partial charge < -0.3 is 15.1 Å². The molecule has 1 heterocycles. The van der Waals surface area contributed by atoms with Gasteiger partial charge in [0, 0.05) is 24.1 Å². The zero-order valence-electron chi connectivity index (χ0n) is 18.5. The zero-order valence-corrected chi connectivity index (χ0v) is 18.5. The minimum atomic E-state index is -0.295. The number of anilines is 2. The Morgan fingerprint density at radius 1 is 0.848 bits per heavy atom. The Morgan fingerprint density at radius 2 is 1.64 bits per heavy atom. The highest BCUT2D eigenvalue weighted by Crippen LogP contribution is 2.20. The lowest BCUT2D eigenvalue weighted by atomic mass is 10.1. The average Bonchev–Trinajstić information content (AvgIpc) is 3.28. The molecule has 4 aromatic rings. The summed E-state index contributed by atoms with van der Waals surface area (Å²) in [6.07, 6.45) is 0.436. The van der Waals surface area contributed by atoms with Crippen molar-refractivity contribution < 1.29 is 14.0 Å². The van der Waals surface area contributed by atoms with E-state index >= 15 is 0 Å². The molecule has 166 valence electrons. The maximum Gasteiger partial charge on any atom is 0.257 e. The Balaban J connectivity index is 1.37. The molecule has 7 nitrogen and oxygen atoms in total. The van der Waals surface area contributed by atoms with Gasteiger partial charge in [-0.05, 0) is 55.8 Å². The lowest BCUT2D eigenvalue weighted by molar-refractivity contribution is -0.116. The Hall–Kier alpha value is -4.26. The van der Waals surface area contributed by atoms with Crippen molar-refractivity contribution in [2.45, 2.75) is 26.7 Å². The summed E-state index contributed by atoms with van der Waals surface area (Å²) >= 11 is 0. The highest BCUT2D eigenvalue weighted by Gasteiger charge is 2.15. The van der Waals surface area contributed by atoms with Crippen LogP contribution in [0.1, 0.15) is 33.8 Å². The summed E-state index contributed by atoms with van der Waals surface area (Å²) in [4.78, 5) is 25.3. The van der Waals surface area contributed by atoms with Gasteiger partial charge in [-0.25, -0.2) is 0 Å². The van der Waals surface area contributed by atoms with E-state index in [2.05, 4.69) is 20.8 Å². The van der Waals surface area contributed by atoms with Crippen LogP contribution in [0.4, 0.5) is 11.4 Å². The molecule has 0 radical (unpaired) electrons. The summed E-state index contributed by atoms with van der Waals surface area (Å²) in [5.74, 6) is 0.256. The van der Waals surface area contributed by atoms with Crippen molar-refractivity contribution in [1.82, 2.24) is 10.2 Å². The fourth-order valence-corrected chi connectivity index (χ4v) is 3.31. The number of hydrogen-bond donors (Lipinski definition) is 2. The van der Waals surface area contributed by atoms with Gasteiger partial charge in [-0.2, -0.15) is 0 Å². The molecular weight excluding hydrogens is 416 g/mol. The molecule has 0 saturated heterocycles. The number of hydrogen-bond acceptors (Lipinski definition) is 5. The Morgan fingerprint density at radius 3 is 2.42 bits per heavy atom. The lowest BCUT2D eigenvalue weighted by Gasteiger charge is -2.11. The fourth-order valence-electron chi connectivity index (χ4n) is 3.31. The van der Waals surface area contributed by atoms with E-state index in [4.69, 9.17) is 4.42 Å². The van der Waals surface area contributed by atoms with E-state index in [9.17, 15) is 9.59 Å². The Bertz CT molecular complexity index is 1280. The van der Waals surface area contributed by atoms with Crippen molar-refractivity contribution in [1.29, 1.82) is 0 Å². The number of rotatable bonds is 7. The van der Waals surface area contributed by atoms with Crippen molar-refractivity contribution in [2.75, 3.05) is 10.6 Å². The van der Waals surface area contributed by atoms with Crippen LogP contribution in [0.2, 0.25) is 0 Å². The molecule has 0 aliphatic rings. The normalized spacial score (nSPS) is 10.6. The first-order valence-corrected chi connectivity index (χ1v) is 10.6. The molecule has 3 aromatic carbocycles. The summed E-state index contributed by atoms with van der Waals surface area (Å²) in [5, 5.41) is 13.8. The number of nitrogens with zero attached hydrogens (tertiary/aromatic N) is 2. The van der Waals surface area contributed by atoms with Gasteiger partial charge >= 0.3 is 0 Å². The maximum absolute atomic E-state index is 12.8. The third kappa shape index (κ3) is 5.71. The van der Waals surface area contributed by atoms with Gasteiger partial charge in [0.15, 0.2) is 0 Å². The van der Waals surface area contributed by atoms with E-state index in [0.29, 0.717) is 35.1 Å². The number of nitrogens with one attached hydrogen (secondary N) is 2. The summed E-state index contributed by atoms with van der Waals surface area (Å²) in [6, 6.07) is 22.2. The largest absolute Gasteiger partial charge is 0.421 e. The van der Waals surface area contributed by atoms with Crippen LogP contribution in [0.5, 0.6) is 0 Å². The topological polar surface area (TPSA) is 97.1 Å². The number of para-hydroxylation sites is 1. The minimum absolute atomic E-state index is 0.142. The van der Waals surface area contributed by atoms with E-state index in [-0.39, 0.29) is 18.2 Å². The van der Waals surface area contributed by atoms with E-state index in [1.54, 1.807) is 24.3 Å². The highest BCUT2D eigenvalue weighted by molar-refractivity contribution is 6.10. The van der Waals surface area contributed by atoms with Crippen LogP contribution >= 0.6 is 0 Å². The van der Waals surface area contributed by atoms with Crippen LogP contribution in [-0.2, 0) is 11.2 Å². The first-order chi connectivity index (χ1) is 16.0. The van der Waals surface area contributed by atoms with E-state index in [0.717, 1.165) is 16.7 Å². The second kappa shape index (κ2) is 9.91. The molecule has 7 heteroatoms. The van der Waals surface area contributed by atoms with Crippen molar-refractivity contribution in [3.05, 3.63) is 95.4 Å². The second-order valence-electron chi connectivity index (χ2n) is 7.78. The van der Waals surface area contributed by atoms with Crippen LogP contribution < -0.4 is 10.6 Å². The zero-order chi connectivity index (χ0) is 23.2. The molecule has 0 saturated carbocycles. The summed E-state index contributed by atoms with van der Waals surface area (Å²) < 4.78 is 5.68. The van der Waals surface area contributed by atoms with E-state index in [1.807, 2.05) is 62.4 Å². The monoisotopic (exact) mass is 440 g/mol. The fraction of sp³-hybridized carbons (Fsp3) is 0.154. The number of aryl methyl sites for hydroxylation is 3. The van der Waals surface area contributed by atoms with Crippen LogP contribution in [0.15, 0.2) is 77.2 Å². The number of carbonyl (C=O) groups excluding carboxylic acids is 2. The van der Waals surface area contributed by atoms with Gasteiger partial charge in [-0.3, -0.25) is 9.59 Å². The SMILES string of the molecule is Cc1ccc(-c2nnc(CCC(=O)Nc3ccccc3C(=O)Nc3cccc(C)c3)o2)cc1. The predicted molar refractivity (Wildman–Crippen MR) is 127 cm³/mol. The van der Waals surface area contributed by atoms with Crippen molar-refractivity contribution >= 4 is 23.2 Å². The van der Waals surface area contributed by atoms with Crippen LogP contribution in [0.3, 0.4) is 0 Å². The number of benzene rings is 3. The molecule has 0 fully saturated rings. The number of carbonyl (C=O) groups is 2. The summed E-state index contributed by atoms with van der Waals surface area (Å²) in [5.41, 5.74) is 4.54. The van der Waals surface area contributed by atoms with Crippen molar-refractivity contribution in [3.8, 4) is 11.5 Å². The average molecular weight is 441 g/mol. The van der Waals surface area contributed by atoms with Gasteiger partial charge in [-0.1, -0.05) is 42.0 Å². The van der Waals surface area contributed by atoms with Gasteiger partial charge in [0.05, 0.1) is 11.3 Å². The molecule has 0 unspecified atom stereocenters. The second-order valence-corrected chi connectivity index (χ2v) is 7.78. The van der Waals surface area contributed by atoms with Gasteiger partial charge in [0.25, 0.3) is 5.91 Å². The van der Waals surface area contributed by atoms with Crippen LogP contribution in [0, 0.1) is 13.8 Å². The Kier molecular flexibility index (Phi) is 6.59. The third-order valence-corrected chi connectivity index (χ3v) is 5.05. The molecular formula is C26H24N4O3. The molecule has 33 heavy (non-hydrogen) atoms. The van der Waals surface area contributed by atoms with Crippen molar-refractivity contribution in [2.24, 2.45) is 0 Å². The summed E-state index contributed by atoms with van der Waals surface area (Å²) in [7, 11) is 0. The molecule has 0 aliphatic heterocycles. The van der Waals surface area contributed by atoms with Gasteiger partial charge in [0.1, 0.15) is 0 Å². The molecule has 2 N–H and O–H groups in total. The van der Waals surface area contributed by atoms with E-state index < -0.39 is 0 Å². The van der Waals surface area contributed by atoms with Crippen LogP contribution in [-0.4, -0.2) is 22.0 Å². The molecule has 0 atom stereocenters. The highest BCUT2D eigenvalue weighted by atomic mass is 16.4. The first kappa shape index (κ1) is 22.0. The molecule has 2 amide bonds. The number of aromatic nitrogens is 2. The lowest BCUT2D eigenvalue weighted by Crippen LogP contribution is -2.18. The number of amides is 2. The predicted octanol–water partition coefficient (Wildman–Crippen LogP) is 5.18. The Labute approximate surface area is 191 Å². The summed E-state index contributed by atoms with van der Waals surface area (Å²) in [6.45, 7) is 3.96. The minimum Gasteiger partial charge on any atom is -0.421 e. The van der Waals surface area contributed by atoms with Gasteiger partial charge in [-0.15, -0.1) is 10.2 Å². The van der Waals surface area contributed by atoms with Crippen LogP contribution in [0.25, 0.3) is 11.5 Å². The maximum atomic E-state index is 12.8. The molecule has 0 spiro atoms. The molecule has 1 aromatic heterocycles. The molecule has 0 bridgehead atoms. The molecule has 0 aliphatic carbocycles. The molecule has 4 rings (SSSR count). The quantitative estimate of drug-likeness (QED) is 0.413. The van der Waals surface area contributed by atoms with Crippen molar-refractivity contribution in [3.63, 3.8) is 0 Å². The first-order valence-electron chi connectivity index (χ1n) is 10.6.